The molecule has 0 saturated heterocycles. The van der Waals surface area contributed by atoms with Crippen LogP contribution in [0, 0.1) is 0 Å². The van der Waals surface area contributed by atoms with Gasteiger partial charge in [-0.15, -0.1) is 0 Å². The van der Waals surface area contributed by atoms with E-state index in [9.17, 15) is 29.4 Å². The molecule has 0 atom stereocenters. The molecule has 2 rings (SSSR count). The summed E-state index contributed by atoms with van der Waals surface area (Å²) in [6.45, 7) is 2.50. The summed E-state index contributed by atoms with van der Waals surface area (Å²) in [6, 6.07) is 4.95. The fourth-order valence-corrected chi connectivity index (χ4v) is 2.44. The summed E-state index contributed by atoms with van der Waals surface area (Å²) in [5.74, 6) is -3.43. The SMILES string of the molecule is CC(=O)c1ccc(C(C)=O)c2c(C(=O)O)ccc(C(=O)O)c12. The third-order valence-corrected chi connectivity index (χ3v) is 3.38. The minimum atomic E-state index is -1.30. The highest BCUT2D eigenvalue weighted by Crippen LogP contribution is 2.31. The lowest BCUT2D eigenvalue weighted by molar-refractivity contribution is 0.0684. The van der Waals surface area contributed by atoms with E-state index in [1.165, 1.54) is 26.0 Å². The van der Waals surface area contributed by atoms with Crippen molar-refractivity contribution in [2.24, 2.45) is 0 Å². The number of aromatic carboxylic acids is 2. The lowest BCUT2D eigenvalue weighted by Gasteiger charge is -2.13. The number of Topliss-reactive ketones (excluding diaryl/α,β-unsaturated/α-hetero) is 2. The second kappa shape index (κ2) is 5.40. The number of carbonyl (C=O) groups excluding carboxylic acids is 2. The first-order valence-electron chi connectivity index (χ1n) is 6.34. The van der Waals surface area contributed by atoms with E-state index in [2.05, 4.69) is 0 Å². The molecule has 0 unspecified atom stereocenters. The molecule has 2 aromatic rings. The zero-order chi connectivity index (χ0) is 16.6. The Hall–Kier alpha value is -3.02. The highest BCUT2D eigenvalue weighted by atomic mass is 16.4. The first-order valence-corrected chi connectivity index (χ1v) is 6.34. The van der Waals surface area contributed by atoms with Crippen molar-refractivity contribution in [2.75, 3.05) is 0 Å². The van der Waals surface area contributed by atoms with Gasteiger partial charge in [0.2, 0.25) is 0 Å². The zero-order valence-corrected chi connectivity index (χ0v) is 11.8. The number of hydrogen-bond donors (Lipinski definition) is 2. The Bertz CT molecular complexity index is 710. The molecule has 0 heterocycles. The van der Waals surface area contributed by atoms with Crippen molar-refractivity contribution >= 4 is 34.3 Å². The predicted octanol–water partition coefficient (Wildman–Crippen LogP) is 2.64. The van der Waals surface area contributed by atoms with Gasteiger partial charge >= 0.3 is 11.9 Å². The summed E-state index contributed by atoms with van der Waals surface area (Å²) in [5, 5.41) is 18.6. The van der Waals surface area contributed by atoms with Gasteiger partial charge in [-0.05, 0) is 26.0 Å². The van der Waals surface area contributed by atoms with Gasteiger partial charge in [-0.1, -0.05) is 12.1 Å². The normalized spacial score (nSPS) is 10.5. The lowest BCUT2D eigenvalue weighted by atomic mass is 9.89. The minimum Gasteiger partial charge on any atom is -0.478 e. The summed E-state index contributed by atoms with van der Waals surface area (Å²) in [6.07, 6.45) is 0. The molecule has 0 saturated carbocycles. The molecule has 2 N–H and O–H groups in total. The number of carboxylic acid groups (broad SMARTS) is 2. The van der Waals surface area contributed by atoms with Gasteiger partial charge in [-0.3, -0.25) is 9.59 Å². The minimum absolute atomic E-state index is 0.0207. The highest BCUT2D eigenvalue weighted by Gasteiger charge is 2.23. The number of rotatable bonds is 4. The maximum absolute atomic E-state index is 11.8. The average molecular weight is 300 g/mol. The third kappa shape index (κ3) is 2.35. The Balaban J connectivity index is 3.17. The molecule has 0 spiro atoms. The summed E-state index contributed by atoms with van der Waals surface area (Å²) in [7, 11) is 0. The second-order valence-corrected chi connectivity index (χ2v) is 4.79. The monoisotopic (exact) mass is 300 g/mol. The van der Waals surface area contributed by atoms with Crippen LogP contribution >= 0.6 is 0 Å². The van der Waals surface area contributed by atoms with Gasteiger partial charge in [0.05, 0.1) is 11.1 Å². The van der Waals surface area contributed by atoms with Crippen molar-refractivity contribution in [3.8, 4) is 0 Å². The first-order chi connectivity index (χ1) is 10.3. The number of carboxylic acids is 2. The molecular formula is C16H12O6. The molecule has 0 aliphatic heterocycles. The van der Waals surface area contributed by atoms with Gasteiger partial charge in [-0.25, -0.2) is 9.59 Å². The van der Waals surface area contributed by atoms with Crippen molar-refractivity contribution in [1.29, 1.82) is 0 Å². The van der Waals surface area contributed by atoms with Gasteiger partial charge in [0.1, 0.15) is 0 Å². The first kappa shape index (κ1) is 15.4. The van der Waals surface area contributed by atoms with E-state index in [1.54, 1.807) is 0 Å². The molecule has 112 valence electrons. The van der Waals surface area contributed by atoms with Crippen LogP contribution in [0.4, 0.5) is 0 Å². The molecule has 0 fully saturated rings. The molecule has 0 aromatic heterocycles. The molecule has 0 aliphatic carbocycles. The Morgan fingerprint density at radius 2 is 0.909 bits per heavy atom. The summed E-state index contributed by atoms with van der Waals surface area (Å²) in [4.78, 5) is 46.4. The lowest BCUT2D eigenvalue weighted by Crippen LogP contribution is -2.09. The number of carbonyl (C=O) groups is 4. The quantitative estimate of drug-likeness (QED) is 0.840. The van der Waals surface area contributed by atoms with Gasteiger partial charge < -0.3 is 10.2 Å². The molecular weight excluding hydrogens is 288 g/mol. The zero-order valence-electron chi connectivity index (χ0n) is 11.8. The Labute approximate surface area is 125 Å². The third-order valence-electron chi connectivity index (χ3n) is 3.38. The van der Waals surface area contributed by atoms with Crippen molar-refractivity contribution < 1.29 is 29.4 Å². The summed E-state index contributed by atoms with van der Waals surface area (Å²) >= 11 is 0. The van der Waals surface area contributed by atoms with E-state index < -0.39 is 23.5 Å². The average Bonchev–Trinajstić information content (AvgIpc) is 2.43. The van der Waals surface area contributed by atoms with Crippen LogP contribution in [-0.4, -0.2) is 33.7 Å². The standard InChI is InChI=1S/C16H12O6/c1-7(17)9-3-4-10(8(2)18)14-12(16(21)22)6-5-11(13(9)14)15(19)20/h3-6H,1-2H3,(H,19,20)(H,21,22). The van der Waals surface area contributed by atoms with Gasteiger partial charge in [0.15, 0.2) is 11.6 Å². The van der Waals surface area contributed by atoms with E-state index in [4.69, 9.17) is 0 Å². The van der Waals surface area contributed by atoms with E-state index >= 15 is 0 Å². The van der Waals surface area contributed by atoms with Crippen LogP contribution in [0.25, 0.3) is 10.8 Å². The fourth-order valence-electron chi connectivity index (χ4n) is 2.44. The van der Waals surface area contributed by atoms with Crippen LogP contribution in [0.5, 0.6) is 0 Å². The number of ketones is 2. The maximum atomic E-state index is 11.8. The summed E-state index contributed by atoms with van der Waals surface area (Å²) < 4.78 is 0. The number of hydrogen-bond acceptors (Lipinski definition) is 4. The smallest absolute Gasteiger partial charge is 0.336 e. The van der Waals surface area contributed by atoms with E-state index in [0.29, 0.717) is 0 Å². The van der Waals surface area contributed by atoms with Crippen LogP contribution in [-0.2, 0) is 0 Å². The Morgan fingerprint density at radius 3 is 1.14 bits per heavy atom. The Kier molecular flexibility index (Phi) is 3.77. The molecule has 0 bridgehead atoms. The predicted molar refractivity (Wildman–Crippen MR) is 77.9 cm³/mol. The van der Waals surface area contributed by atoms with E-state index in [0.717, 1.165) is 12.1 Å². The molecule has 0 aliphatic rings. The number of fused-ring (bicyclic) bond motifs is 1. The largest absolute Gasteiger partial charge is 0.478 e. The fraction of sp³-hybridized carbons (Fsp3) is 0.125. The van der Waals surface area contributed by atoms with Crippen molar-refractivity contribution in [3.63, 3.8) is 0 Å². The van der Waals surface area contributed by atoms with Crippen LogP contribution < -0.4 is 0 Å². The van der Waals surface area contributed by atoms with Crippen molar-refractivity contribution in [3.05, 3.63) is 46.5 Å². The maximum Gasteiger partial charge on any atom is 0.336 e. The summed E-state index contributed by atoms with van der Waals surface area (Å²) in [5.41, 5.74) is -0.289. The molecule has 0 radical (unpaired) electrons. The van der Waals surface area contributed by atoms with Crippen LogP contribution in [0.1, 0.15) is 55.3 Å². The number of benzene rings is 2. The van der Waals surface area contributed by atoms with E-state index in [-0.39, 0.29) is 33.0 Å². The van der Waals surface area contributed by atoms with Crippen molar-refractivity contribution in [1.82, 2.24) is 0 Å². The van der Waals surface area contributed by atoms with Crippen LogP contribution in [0.2, 0.25) is 0 Å². The molecule has 0 amide bonds. The molecule has 22 heavy (non-hydrogen) atoms. The molecule has 2 aromatic carbocycles. The second-order valence-electron chi connectivity index (χ2n) is 4.79. The van der Waals surface area contributed by atoms with Crippen LogP contribution in [0.3, 0.4) is 0 Å². The Morgan fingerprint density at radius 1 is 0.636 bits per heavy atom. The van der Waals surface area contributed by atoms with Gasteiger partial charge in [0, 0.05) is 21.9 Å². The van der Waals surface area contributed by atoms with Crippen LogP contribution in [0.15, 0.2) is 24.3 Å². The highest BCUT2D eigenvalue weighted by molar-refractivity contribution is 6.23. The van der Waals surface area contributed by atoms with Crippen molar-refractivity contribution in [2.45, 2.75) is 13.8 Å². The van der Waals surface area contributed by atoms with E-state index in [1.807, 2.05) is 0 Å². The molecule has 6 nitrogen and oxygen atoms in total. The molecule has 6 heteroatoms. The van der Waals surface area contributed by atoms with Gasteiger partial charge in [-0.2, -0.15) is 0 Å². The van der Waals surface area contributed by atoms with Gasteiger partial charge in [0.25, 0.3) is 0 Å². The topological polar surface area (TPSA) is 109 Å².